The molecule has 0 radical (unpaired) electrons. The summed E-state index contributed by atoms with van der Waals surface area (Å²) in [5.74, 6) is -0.0453. The Morgan fingerprint density at radius 3 is 2.52 bits per heavy atom. The molecule has 1 fully saturated rings. The van der Waals surface area contributed by atoms with Gasteiger partial charge in [0.25, 0.3) is 0 Å². The van der Waals surface area contributed by atoms with Crippen LogP contribution in [0.2, 0.25) is 0 Å². The molecule has 8 heteroatoms. The maximum absolute atomic E-state index is 12.4. The molecule has 2 N–H and O–H groups in total. The monoisotopic (exact) mass is 394 g/mol. The van der Waals surface area contributed by atoms with Gasteiger partial charge in [0.1, 0.15) is 0 Å². The molecule has 1 aromatic rings. The summed E-state index contributed by atoms with van der Waals surface area (Å²) in [6, 6.07) is 3.54. The molecule has 0 aliphatic carbocycles. The average Bonchev–Trinajstić information content (AvgIpc) is 3.16. The quantitative estimate of drug-likeness (QED) is 0.703. The minimum absolute atomic E-state index is 0.0461. The summed E-state index contributed by atoms with van der Waals surface area (Å²) in [5, 5.41) is 7.08. The zero-order chi connectivity index (χ0) is 19.6. The zero-order valence-corrected chi connectivity index (χ0v) is 17.0. The van der Waals surface area contributed by atoms with E-state index in [0.29, 0.717) is 19.6 Å². The number of imide groups is 1. The first kappa shape index (κ1) is 21.4. The fourth-order valence-electron chi connectivity index (χ4n) is 3.30. The summed E-state index contributed by atoms with van der Waals surface area (Å²) >= 11 is 1.65. The molecule has 27 heavy (non-hydrogen) atoms. The van der Waals surface area contributed by atoms with Gasteiger partial charge in [0.15, 0.2) is 0 Å². The van der Waals surface area contributed by atoms with Gasteiger partial charge in [0.2, 0.25) is 11.8 Å². The van der Waals surface area contributed by atoms with Crippen LogP contribution >= 0.6 is 11.3 Å². The Bertz CT molecular complexity index is 608. The number of piperidine rings is 1. The smallest absolute Gasteiger partial charge is 0.321 e. The zero-order valence-electron chi connectivity index (χ0n) is 16.2. The van der Waals surface area contributed by atoms with Gasteiger partial charge in [0.05, 0.1) is 6.54 Å². The van der Waals surface area contributed by atoms with E-state index in [1.165, 1.54) is 4.88 Å². The van der Waals surface area contributed by atoms with E-state index in [-0.39, 0.29) is 24.3 Å². The van der Waals surface area contributed by atoms with E-state index in [4.69, 9.17) is 0 Å². The lowest BCUT2D eigenvalue weighted by Gasteiger charge is -2.33. The number of nitrogens with zero attached hydrogens (tertiary/aromatic N) is 2. The normalized spacial score (nSPS) is 15.3. The molecule has 0 atom stereocenters. The van der Waals surface area contributed by atoms with Crippen molar-refractivity contribution in [3.05, 3.63) is 22.4 Å². The van der Waals surface area contributed by atoms with Gasteiger partial charge in [-0.3, -0.25) is 19.8 Å². The second-order valence-electron chi connectivity index (χ2n) is 6.69. The van der Waals surface area contributed by atoms with Crippen LogP contribution in [0.1, 0.15) is 31.6 Å². The summed E-state index contributed by atoms with van der Waals surface area (Å²) in [6.45, 7) is 7.54. The van der Waals surface area contributed by atoms with Crippen molar-refractivity contribution in [3.63, 3.8) is 0 Å². The highest BCUT2D eigenvalue weighted by molar-refractivity contribution is 7.09. The average molecular weight is 395 g/mol. The molecule has 1 aromatic heterocycles. The van der Waals surface area contributed by atoms with Crippen LogP contribution in [-0.2, 0) is 16.0 Å². The number of likely N-dealkylation sites (tertiary alicyclic amines) is 1. The maximum Gasteiger partial charge on any atom is 0.321 e. The molecule has 2 rings (SSSR count). The Morgan fingerprint density at radius 1 is 1.22 bits per heavy atom. The number of hydrogen-bond acceptors (Lipinski definition) is 5. The molecule has 0 aromatic carbocycles. The van der Waals surface area contributed by atoms with Crippen LogP contribution in [0.3, 0.4) is 0 Å². The minimum atomic E-state index is -0.455. The molecule has 2 heterocycles. The van der Waals surface area contributed by atoms with Gasteiger partial charge in [-0.25, -0.2) is 4.79 Å². The van der Waals surface area contributed by atoms with Gasteiger partial charge in [0, 0.05) is 30.4 Å². The predicted molar refractivity (Wildman–Crippen MR) is 107 cm³/mol. The Hall–Kier alpha value is -1.93. The molecule has 0 unspecified atom stereocenters. The molecule has 150 valence electrons. The number of rotatable bonds is 8. The fourth-order valence-corrected chi connectivity index (χ4v) is 4.01. The number of amides is 4. The number of hydrogen-bond donors (Lipinski definition) is 2. The second kappa shape index (κ2) is 11.0. The van der Waals surface area contributed by atoms with Gasteiger partial charge < -0.3 is 10.2 Å². The number of urea groups is 1. The lowest BCUT2D eigenvalue weighted by Crippen LogP contribution is -2.48. The molecule has 1 aliphatic rings. The lowest BCUT2D eigenvalue weighted by atomic mass is 9.95. The van der Waals surface area contributed by atoms with Crippen LogP contribution < -0.4 is 10.6 Å². The molecule has 1 saturated heterocycles. The molecule has 0 bridgehead atoms. The summed E-state index contributed by atoms with van der Waals surface area (Å²) in [6.07, 6.45) is 2.28. The molecule has 0 spiro atoms. The molecule has 4 amide bonds. The first-order valence-electron chi connectivity index (χ1n) is 9.64. The molecule has 0 saturated carbocycles. The van der Waals surface area contributed by atoms with Crippen LogP contribution in [-0.4, -0.2) is 66.9 Å². The summed E-state index contributed by atoms with van der Waals surface area (Å²) in [4.78, 5) is 41.3. The first-order valence-corrected chi connectivity index (χ1v) is 10.5. The number of nitrogens with one attached hydrogen (secondary N) is 2. The highest BCUT2D eigenvalue weighted by Crippen LogP contribution is 2.19. The summed E-state index contributed by atoms with van der Waals surface area (Å²) in [7, 11) is 0. The largest absolute Gasteiger partial charge is 0.343 e. The van der Waals surface area contributed by atoms with Crippen molar-refractivity contribution in [2.45, 2.75) is 33.1 Å². The molecule has 7 nitrogen and oxygen atoms in total. The number of carbonyl (C=O) groups excluding carboxylic acids is 3. The third kappa shape index (κ3) is 6.95. The Labute approximate surface area is 165 Å². The Balaban J connectivity index is 1.63. The van der Waals surface area contributed by atoms with Crippen molar-refractivity contribution in [3.8, 4) is 0 Å². The maximum atomic E-state index is 12.4. The highest BCUT2D eigenvalue weighted by Gasteiger charge is 2.28. The first-order chi connectivity index (χ1) is 13.0. The van der Waals surface area contributed by atoms with Gasteiger partial charge >= 0.3 is 6.03 Å². The molecule has 1 aliphatic heterocycles. The Kier molecular flexibility index (Phi) is 8.74. The van der Waals surface area contributed by atoms with Crippen molar-refractivity contribution >= 4 is 29.2 Å². The van der Waals surface area contributed by atoms with Crippen LogP contribution in [0.25, 0.3) is 0 Å². The van der Waals surface area contributed by atoms with Crippen molar-refractivity contribution in [2.24, 2.45) is 5.92 Å². The standard InChI is InChI=1S/C19H30N4O3S/c1-3-23(4-2)18(25)15-8-11-22(12-9-15)14-17(24)21-19(26)20-10-7-16-6-5-13-27-16/h5-6,13,15H,3-4,7-12,14H2,1-2H3,(H2,20,21,24,26). The topological polar surface area (TPSA) is 81.8 Å². The third-order valence-electron chi connectivity index (χ3n) is 4.87. The van der Waals surface area contributed by atoms with Crippen molar-refractivity contribution in [2.75, 3.05) is 39.3 Å². The second-order valence-corrected chi connectivity index (χ2v) is 7.73. The van der Waals surface area contributed by atoms with E-state index in [9.17, 15) is 14.4 Å². The van der Waals surface area contributed by atoms with Crippen LogP contribution in [0.15, 0.2) is 17.5 Å². The number of thiophene rings is 1. The summed E-state index contributed by atoms with van der Waals surface area (Å²) in [5.41, 5.74) is 0. The van der Waals surface area contributed by atoms with Gasteiger partial charge in [-0.2, -0.15) is 0 Å². The Morgan fingerprint density at radius 2 is 1.93 bits per heavy atom. The molecular weight excluding hydrogens is 364 g/mol. The van der Waals surface area contributed by atoms with Crippen molar-refractivity contribution in [1.82, 2.24) is 20.4 Å². The van der Waals surface area contributed by atoms with Gasteiger partial charge in [-0.15, -0.1) is 11.3 Å². The van der Waals surface area contributed by atoms with Gasteiger partial charge in [-0.05, 0) is 57.6 Å². The van der Waals surface area contributed by atoms with E-state index in [1.54, 1.807) is 11.3 Å². The van der Waals surface area contributed by atoms with Crippen LogP contribution in [0.5, 0.6) is 0 Å². The van der Waals surface area contributed by atoms with Crippen molar-refractivity contribution in [1.29, 1.82) is 0 Å². The van der Waals surface area contributed by atoms with E-state index in [1.807, 2.05) is 41.2 Å². The minimum Gasteiger partial charge on any atom is -0.343 e. The van der Waals surface area contributed by atoms with E-state index < -0.39 is 6.03 Å². The van der Waals surface area contributed by atoms with E-state index >= 15 is 0 Å². The predicted octanol–water partition coefficient (Wildman–Crippen LogP) is 1.70. The highest BCUT2D eigenvalue weighted by atomic mass is 32.1. The SMILES string of the molecule is CCN(CC)C(=O)C1CCN(CC(=O)NC(=O)NCCc2cccs2)CC1. The van der Waals surface area contributed by atoms with E-state index in [2.05, 4.69) is 10.6 Å². The van der Waals surface area contributed by atoms with Crippen LogP contribution in [0, 0.1) is 5.92 Å². The third-order valence-corrected chi connectivity index (χ3v) is 5.81. The van der Waals surface area contributed by atoms with E-state index in [0.717, 1.165) is 32.4 Å². The van der Waals surface area contributed by atoms with Gasteiger partial charge in [-0.1, -0.05) is 6.07 Å². The van der Waals surface area contributed by atoms with Crippen molar-refractivity contribution < 1.29 is 14.4 Å². The molecular formula is C19H30N4O3S. The van der Waals surface area contributed by atoms with Crippen LogP contribution in [0.4, 0.5) is 4.79 Å². The summed E-state index contributed by atoms with van der Waals surface area (Å²) < 4.78 is 0. The lowest BCUT2D eigenvalue weighted by molar-refractivity contribution is -0.136. The fraction of sp³-hybridized carbons (Fsp3) is 0.632. The number of carbonyl (C=O) groups is 3.